The molecule has 0 saturated carbocycles. The minimum Gasteiger partial charge on any atom is -0.480 e. The highest BCUT2D eigenvalue weighted by Crippen LogP contribution is 2.23. The van der Waals surface area contributed by atoms with Crippen molar-refractivity contribution in [3.63, 3.8) is 0 Å². The average molecular weight is 1240 g/mol. The summed E-state index contributed by atoms with van der Waals surface area (Å²) in [6.45, 7) is 25.0. The fourth-order valence-electron chi connectivity index (χ4n) is 8.63. The number of amides is 2. The van der Waals surface area contributed by atoms with Gasteiger partial charge in [-0.1, -0.05) is 68.9 Å². The molecule has 4 N–H and O–H groups in total. The first-order chi connectivity index (χ1) is 39.5. The molecule has 0 radical (unpaired) electrons. The zero-order valence-corrected chi connectivity index (χ0v) is 55.0. The molecule has 0 aromatic carbocycles. The molecule has 0 aliphatic rings. The molecule has 0 fully saturated rings. The van der Waals surface area contributed by atoms with Gasteiger partial charge < -0.3 is 68.2 Å². The van der Waals surface area contributed by atoms with Crippen molar-refractivity contribution in [3.05, 3.63) is 0 Å². The van der Waals surface area contributed by atoms with Crippen molar-refractivity contribution in [2.24, 2.45) is 23.7 Å². The lowest BCUT2D eigenvalue weighted by atomic mass is 9.96. The van der Waals surface area contributed by atoms with Crippen LogP contribution in [0.1, 0.15) is 170 Å². The van der Waals surface area contributed by atoms with E-state index < -0.39 is 36.0 Å². The highest BCUT2D eigenvalue weighted by Gasteiger charge is 2.22. The zero-order valence-electron chi connectivity index (χ0n) is 51.7. The highest BCUT2D eigenvalue weighted by atomic mass is 33.1. The smallest absolute Gasteiger partial charge is 0.407 e. The second kappa shape index (κ2) is 64.7. The third kappa shape index (κ3) is 57.6. The fraction of sp³-hybridized carbons (Fsp3) is 0.932. The molecule has 0 aromatic rings. The Labute approximate surface area is 507 Å². The topological polar surface area (TPSA) is 225 Å². The Kier molecular flexibility index (Phi) is 65.3. The Balaban J connectivity index is 0. The Hall–Kier alpha value is -1.28. The molecule has 0 aromatic heterocycles. The Morgan fingerprint density at radius 2 is 0.654 bits per heavy atom. The van der Waals surface area contributed by atoms with Crippen LogP contribution in [0, 0.1) is 23.7 Å². The van der Waals surface area contributed by atoms with Gasteiger partial charge >= 0.3 is 18.0 Å². The number of rotatable bonds is 62. The van der Waals surface area contributed by atoms with Gasteiger partial charge in [0.05, 0.1) is 6.61 Å². The highest BCUT2D eigenvalue weighted by molar-refractivity contribution is 8.76. The van der Waals surface area contributed by atoms with Crippen LogP contribution in [0.15, 0.2) is 0 Å². The summed E-state index contributed by atoms with van der Waals surface area (Å²) in [7, 11) is 5.72. The van der Waals surface area contributed by atoms with Crippen LogP contribution in [-0.2, 0) is 61.8 Å². The molecule has 2 amide bonds. The van der Waals surface area contributed by atoms with E-state index in [1.165, 1.54) is 43.2 Å². The summed E-state index contributed by atoms with van der Waals surface area (Å²) < 4.78 is 56.5. The number of ether oxygens (including phenoxy) is 10. The molecule has 0 bridgehead atoms. The quantitative estimate of drug-likeness (QED) is 0.0328. The third-order valence-corrected chi connectivity index (χ3v) is 16.7. The van der Waals surface area contributed by atoms with Crippen molar-refractivity contribution in [1.82, 2.24) is 10.6 Å². The SMILES string of the molecule is CCOCCCCC(CCCOCC)COCC(CCCCOCC)CCCOC(=O)NC(CSSC)C(=O)O.CCOCCCCC(CCCOCC)COCC(CCCCOCC)CCCOCC(=O)NC(CSSC)C(=O)O. The van der Waals surface area contributed by atoms with Crippen molar-refractivity contribution < 1.29 is 76.8 Å². The van der Waals surface area contributed by atoms with Crippen molar-refractivity contribution in [3.8, 4) is 0 Å². The predicted octanol–water partition coefficient (Wildman–Crippen LogP) is 12.3. The number of carbonyl (C=O) groups is 4. The number of alkyl carbamates (subject to hydrolysis) is 1. The van der Waals surface area contributed by atoms with Crippen LogP contribution < -0.4 is 10.6 Å². The third-order valence-electron chi connectivity index (χ3n) is 13.1. The lowest BCUT2D eigenvalue weighted by Crippen LogP contribution is -2.44. The zero-order chi connectivity index (χ0) is 60.1. The van der Waals surface area contributed by atoms with Gasteiger partial charge in [-0.2, -0.15) is 0 Å². The van der Waals surface area contributed by atoms with Crippen molar-refractivity contribution >= 4 is 67.1 Å². The van der Waals surface area contributed by atoms with Gasteiger partial charge in [-0.3, -0.25) is 4.79 Å². The number of unbranched alkanes of at least 4 members (excludes halogenated alkanes) is 4. The largest absolute Gasteiger partial charge is 0.480 e. The van der Waals surface area contributed by atoms with Crippen LogP contribution in [0.4, 0.5) is 4.79 Å². The molecular formula is C59H116N2O16S4. The number of nitrogens with one attached hydrogen (secondary N) is 2. The molecule has 482 valence electrons. The molecule has 81 heavy (non-hydrogen) atoms. The van der Waals surface area contributed by atoms with E-state index in [9.17, 15) is 29.4 Å². The predicted molar refractivity (Wildman–Crippen MR) is 335 cm³/mol. The Bertz CT molecular complexity index is 1390. The minimum absolute atomic E-state index is 0.129. The number of carboxylic acids is 2. The van der Waals surface area contributed by atoms with E-state index in [0.717, 1.165) is 221 Å². The van der Waals surface area contributed by atoms with Crippen LogP contribution in [0.5, 0.6) is 0 Å². The van der Waals surface area contributed by atoms with E-state index in [1.807, 2.05) is 54.1 Å². The minimum atomic E-state index is -1.06. The second-order valence-corrected chi connectivity index (χ2v) is 25.1. The van der Waals surface area contributed by atoms with Gasteiger partial charge in [0.2, 0.25) is 5.91 Å². The first-order valence-corrected chi connectivity index (χ1v) is 36.1. The summed E-state index contributed by atoms with van der Waals surface area (Å²) in [5.41, 5.74) is 0. The summed E-state index contributed by atoms with van der Waals surface area (Å²) >= 11 is 0. The maximum absolute atomic E-state index is 12.1. The van der Waals surface area contributed by atoms with Gasteiger partial charge in [0.15, 0.2) is 0 Å². The van der Waals surface area contributed by atoms with Gasteiger partial charge in [-0.15, -0.1) is 0 Å². The number of hydrogen-bond donors (Lipinski definition) is 4. The molecule has 6 unspecified atom stereocenters. The number of carboxylic acid groups (broad SMARTS) is 2. The summed E-state index contributed by atoms with van der Waals surface area (Å²) in [6, 6.07) is -1.87. The fourth-order valence-corrected chi connectivity index (χ4v) is 11.3. The molecule has 0 saturated heterocycles. The maximum atomic E-state index is 12.1. The van der Waals surface area contributed by atoms with Gasteiger partial charge in [0.1, 0.15) is 18.7 Å². The Morgan fingerprint density at radius 3 is 0.963 bits per heavy atom. The molecule has 18 nitrogen and oxygen atoms in total. The molecule has 0 rings (SSSR count). The monoisotopic (exact) mass is 1240 g/mol. The van der Waals surface area contributed by atoms with Gasteiger partial charge in [0, 0.05) is 124 Å². The second-order valence-electron chi connectivity index (χ2n) is 19.9. The Morgan fingerprint density at radius 1 is 0.370 bits per heavy atom. The molecule has 0 spiro atoms. The first kappa shape index (κ1) is 81.8. The summed E-state index contributed by atoms with van der Waals surface area (Å²) in [6.07, 6.45) is 23.8. The number of aliphatic carboxylic acids is 2. The van der Waals surface area contributed by atoms with Crippen molar-refractivity contribution in [2.45, 2.75) is 182 Å². The van der Waals surface area contributed by atoms with Crippen LogP contribution in [-0.4, -0.2) is 196 Å². The maximum Gasteiger partial charge on any atom is 0.407 e. The normalized spacial score (nSPS) is 13.6. The standard InChI is InChI=1S/C30H59NO8S2.C29H57NO8S2/c1-5-35-18-10-8-14-26(16-12-20-37-7-3)22-39-23-27(15-9-11-19-36-6-2)17-13-21-38-24-29(32)31-28(30(33)34)25-41-40-4;1-5-34-18-10-8-14-25(16-12-20-36-7-3)22-37-23-26(15-9-11-19-35-6-2)17-13-21-38-29(33)30-27(28(31)32)24-40-39-4/h26-28H,5-25H2,1-4H3,(H,31,32)(H,33,34);25-27H,5-24H2,1-4H3,(H,30,33)(H,31,32). The lowest BCUT2D eigenvalue weighted by Gasteiger charge is -2.21. The van der Waals surface area contributed by atoms with E-state index >= 15 is 0 Å². The van der Waals surface area contributed by atoms with Crippen LogP contribution >= 0.6 is 43.2 Å². The average Bonchev–Trinajstić information content (AvgIpc) is 3.45. The molecule has 22 heteroatoms. The van der Waals surface area contributed by atoms with Gasteiger partial charge in [-0.05, 0) is 180 Å². The van der Waals surface area contributed by atoms with E-state index in [1.54, 1.807) is 0 Å². The molecule has 0 heterocycles. The van der Waals surface area contributed by atoms with Gasteiger partial charge in [-0.25, -0.2) is 14.4 Å². The van der Waals surface area contributed by atoms with Crippen molar-refractivity contribution in [1.29, 1.82) is 0 Å². The van der Waals surface area contributed by atoms with E-state index in [-0.39, 0.29) is 19.0 Å². The molecule has 6 atom stereocenters. The molecule has 0 aliphatic carbocycles. The number of carbonyl (C=O) groups excluding carboxylic acids is 2. The van der Waals surface area contributed by atoms with E-state index in [0.29, 0.717) is 49.1 Å². The van der Waals surface area contributed by atoms with Crippen LogP contribution in [0.3, 0.4) is 0 Å². The number of hydrogen-bond acceptors (Lipinski definition) is 18. The summed E-state index contributed by atoms with van der Waals surface area (Å²) in [5.74, 6) is -0.0505. The molecule has 0 aliphatic heterocycles. The van der Waals surface area contributed by atoms with Crippen LogP contribution in [0.2, 0.25) is 0 Å². The van der Waals surface area contributed by atoms with Crippen LogP contribution in [0.25, 0.3) is 0 Å². The summed E-state index contributed by atoms with van der Waals surface area (Å²) in [4.78, 5) is 46.9. The summed E-state index contributed by atoms with van der Waals surface area (Å²) in [5, 5.41) is 23.5. The van der Waals surface area contributed by atoms with E-state index in [2.05, 4.69) is 10.6 Å². The van der Waals surface area contributed by atoms with Crippen molar-refractivity contribution in [2.75, 3.05) is 150 Å². The first-order valence-electron chi connectivity index (χ1n) is 30.6. The van der Waals surface area contributed by atoms with E-state index in [4.69, 9.17) is 47.4 Å². The lowest BCUT2D eigenvalue weighted by molar-refractivity contribution is -0.141. The van der Waals surface area contributed by atoms with Gasteiger partial charge in [0.25, 0.3) is 0 Å². The molecular weight excluding hydrogens is 1120 g/mol.